The predicted molar refractivity (Wildman–Crippen MR) is 144 cm³/mol. The molecular weight excluding hydrogens is 467 g/mol. The van der Waals surface area contributed by atoms with Crippen molar-refractivity contribution in [2.75, 3.05) is 51.8 Å². The summed E-state index contributed by atoms with van der Waals surface area (Å²) in [7, 11) is 3.83. The van der Waals surface area contributed by atoms with Crippen LogP contribution in [0.25, 0.3) is 10.8 Å². The van der Waals surface area contributed by atoms with Gasteiger partial charge < -0.3 is 19.8 Å². The number of likely N-dealkylation sites (tertiary alicyclic amines) is 1. The predicted octanol–water partition coefficient (Wildman–Crippen LogP) is 3.64. The van der Waals surface area contributed by atoms with E-state index in [1.165, 1.54) is 34.0 Å². The molecule has 2 saturated heterocycles. The maximum absolute atomic E-state index is 14.0. The fourth-order valence-electron chi connectivity index (χ4n) is 6.84. The van der Waals surface area contributed by atoms with Crippen LogP contribution in [-0.2, 0) is 11.2 Å². The van der Waals surface area contributed by atoms with Gasteiger partial charge in [0.15, 0.2) is 0 Å². The van der Waals surface area contributed by atoms with Crippen molar-refractivity contribution in [1.82, 2.24) is 14.7 Å². The number of benzene rings is 3. The molecule has 194 valence electrons. The van der Waals surface area contributed by atoms with Gasteiger partial charge in [-0.1, -0.05) is 36.4 Å². The Kier molecular flexibility index (Phi) is 6.18. The van der Waals surface area contributed by atoms with Crippen LogP contribution in [0.1, 0.15) is 30.0 Å². The topological polar surface area (TPSA) is 50.3 Å². The Hall–Kier alpha value is -3.00. The van der Waals surface area contributed by atoms with Crippen LogP contribution < -0.4 is 4.90 Å². The first-order chi connectivity index (χ1) is 17.9. The number of carbonyl (C=O) groups excluding carboxylic acids is 1. The van der Waals surface area contributed by atoms with Crippen molar-refractivity contribution in [2.24, 2.45) is 0 Å². The molecule has 1 N–H and O–H groups in total. The van der Waals surface area contributed by atoms with Gasteiger partial charge in [0.1, 0.15) is 11.4 Å². The van der Waals surface area contributed by atoms with E-state index in [1.54, 1.807) is 17.0 Å². The molecule has 0 saturated carbocycles. The van der Waals surface area contributed by atoms with E-state index < -0.39 is 11.6 Å². The zero-order valence-electron chi connectivity index (χ0n) is 21.6. The number of aliphatic hydroxyl groups is 1. The van der Waals surface area contributed by atoms with E-state index in [1.807, 2.05) is 19.0 Å². The Bertz CT molecular complexity index is 1300. The number of halogens is 1. The van der Waals surface area contributed by atoms with Gasteiger partial charge in [0.2, 0.25) is 5.91 Å². The molecule has 0 aromatic heterocycles. The molecule has 2 unspecified atom stereocenters. The van der Waals surface area contributed by atoms with Crippen molar-refractivity contribution in [3.8, 4) is 0 Å². The van der Waals surface area contributed by atoms with Crippen molar-refractivity contribution in [3.05, 3.63) is 77.6 Å². The van der Waals surface area contributed by atoms with Gasteiger partial charge in [0, 0.05) is 37.9 Å². The number of anilines is 1. The molecule has 1 amide bonds. The van der Waals surface area contributed by atoms with E-state index in [0.717, 1.165) is 25.2 Å². The Morgan fingerprint density at radius 3 is 2.46 bits per heavy atom. The average molecular weight is 503 g/mol. The lowest BCUT2D eigenvalue weighted by Crippen LogP contribution is -2.57. The Balaban J connectivity index is 1.25. The van der Waals surface area contributed by atoms with E-state index in [2.05, 4.69) is 46.2 Å². The molecule has 0 bridgehead atoms. The molecule has 2 heterocycles. The van der Waals surface area contributed by atoms with Crippen LogP contribution in [0.15, 0.2) is 60.7 Å². The molecule has 2 atom stereocenters. The normalized spacial score (nSPS) is 22.1. The number of amides is 1. The minimum Gasteiger partial charge on any atom is -0.390 e. The monoisotopic (exact) mass is 502 g/mol. The molecule has 3 aromatic carbocycles. The highest BCUT2D eigenvalue weighted by Gasteiger charge is 2.54. The van der Waals surface area contributed by atoms with Gasteiger partial charge in [0.05, 0.1) is 12.8 Å². The third kappa shape index (κ3) is 4.19. The quantitative estimate of drug-likeness (QED) is 0.558. The number of hydrogen-bond donors (Lipinski definition) is 1. The number of hydrogen-bond acceptors (Lipinski definition) is 5. The fourth-order valence-corrected chi connectivity index (χ4v) is 6.84. The molecule has 1 spiro atoms. The van der Waals surface area contributed by atoms with Gasteiger partial charge in [-0.15, -0.1) is 0 Å². The molecule has 1 aliphatic carbocycles. The molecule has 6 rings (SSSR count). The van der Waals surface area contributed by atoms with Crippen LogP contribution in [0.5, 0.6) is 0 Å². The second-order valence-corrected chi connectivity index (χ2v) is 11.1. The summed E-state index contributed by atoms with van der Waals surface area (Å²) in [5, 5.41) is 13.3. The lowest BCUT2D eigenvalue weighted by atomic mass is 9.84. The smallest absolute Gasteiger partial charge is 0.250 e. The first-order valence-corrected chi connectivity index (χ1v) is 13.3. The minimum atomic E-state index is -0.677. The summed E-state index contributed by atoms with van der Waals surface area (Å²) >= 11 is 0. The van der Waals surface area contributed by atoms with Crippen LogP contribution in [-0.4, -0.2) is 84.3 Å². The second kappa shape index (κ2) is 9.39. The van der Waals surface area contributed by atoms with Gasteiger partial charge in [-0.2, -0.15) is 0 Å². The van der Waals surface area contributed by atoms with E-state index in [0.29, 0.717) is 38.6 Å². The third-order valence-electron chi connectivity index (χ3n) is 8.52. The highest BCUT2D eigenvalue weighted by molar-refractivity contribution is 5.94. The third-order valence-corrected chi connectivity index (χ3v) is 8.52. The Morgan fingerprint density at radius 2 is 1.76 bits per heavy atom. The molecule has 3 aliphatic rings. The number of carbonyl (C=O) groups is 1. The summed E-state index contributed by atoms with van der Waals surface area (Å²) in [4.78, 5) is 22.4. The van der Waals surface area contributed by atoms with Crippen LogP contribution in [0.3, 0.4) is 0 Å². The second-order valence-electron chi connectivity index (χ2n) is 11.1. The number of aliphatic hydroxyl groups excluding tert-OH is 1. The van der Waals surface area contributed by atoms with E-state index >= 15 is 0 Å². The summed E-state index contributed by atoms with van der Waals surface area (Å²) in [6, 6.07) is 20.0. The first-order valence-electron chi connectivity index (χ1n) is 13.3. The summed E-state index contributed by atoms with van der Waals surface area (Å²) in [5.74, 6) is -0.211. The fraction of sp³-hybridized carbons (Fsp3) is 0.433. The maximum Gasteiger partial charge on any atom is 0.250 e. The summed E-state index contributed by atoms with van der Waals surface area (Å²) in [5.41, 5.74) is 2.98. The van der Waals surface area contributed by atoms with Gasteiger partial charge in [0.25, 0.3) is 0 Å². The van der Waals surface area contributed by atoms with E-state index in [4.69, 9.17) is 0 Å². The first kappa shape index (κ1) is 24.3. The number of rotatable bonds is 6. The molecular formula is C30H35FN4O2. The van der Waals surface area contributed by atoms with Gasteiger partial charge in [-0.25, -0.2) is 4.39 Å². The Morgan fingerprint density at radius 1 is 1.05 bits per heavy atom. The lowest BCUT2D eigenvalue weighted by molar-refractivity contribution is -0.135. The van der Waals surface area contributed by atoms with Crippen molar-refractivity contribution in [2.45, 2.75) is 36.9 Å². The largest absolute Gasteiger partial charge is 0.390 e. The van der Waals surface area contributed by atoms with Crippen LogP contribution in [0.4, 0.5) is 10.1 Å². The lowest BCUT2D eigenvalue weighted by Gasteiger charge is -2.45. The SMILES string of the molecule is CN(C)CC(O)CN1CN(c2ccc(F)cc2)C2(CCN(C3Cc4cccc5cccc3c45)CC2)C1=O. The standard InChI is InChI=1S/C30H35FN4O2/c1-32(2)18-25(36)19-34-20-35(24-11-9-23(31)10-12-24)30(29(34)37)13-15-33(16-14-30)27-17-22-7-3-5-21-6-4-8-26(27)28(21)22/h3-12,25,27,36H,13-20H2,1-2H3. The summed E-state index contributed by atoms with van der Waals surface area (Å²) < 4.78 is 13.7. The number of β-amino-alcohol motifs (C(OH)–C–C–N with tert-alkyl or cyclic N) is 1. The number of piperidine rings is 1. The molecule has 2 aliphatic heterocycles. The summed E-state index contributed by atoms with van der Waals surface area (Å²) in [6.07, 6.45) is 1.78. The van der Waals surface area contributed by atoms with Crippen LogP contribution in [0.2, 0.25) is 0 Å². The van der Waals surface area contributed by atoms with Crippen molar-refractivity contribution in [1.29, 1.82) is 0 Å². The molecule has 2 fully saturated rings. The van der Waals surface area contributed by atoms with Crippen LogP contribution >= 0.6 is 0 Å². The van der Waals surface area contributed by atoms with Gasteiger partial charge in [-0.05, 0) is 79.5 Å². The zero-order valence-corrected chi connectivity index (χ0v) is 21.6. The molecule has 7 heteroatoms. The average Bonchev–Trinajstić information content (AvgIpc) is 3.38. The molecule has 6 nitrogen and oxygen atoms in total. The summed E-state index contributed by atoms with van der Waals surface area (Å²) in [6.45, 7) is 2.82. The van der Waals surface area contributed by atoms with Gasteiger partial charge >= 0.3 is 0 Å². The number of likely N-dealkylation sites (N-methyl/N-ethyl adjacent to an activating group) is 1. The minimum absolute atomic E-state index is 0.0751. The molecule has 37 heavy (non-hydrogen) atoms. The Labute approximate surface area is 217 Å². The van der Waals surface area contributed by atoms with Crippen molar-refractivity contribution >= 4 is 22.4 Å². The number of nitrogens with zero attached hydrogens (tertiary/aromatic N) is 4. The van der Waals surface area contributed by atoms with Crippen LogP contribution in [0, 0.1) is 5.82 Å². The van der Waals surface area contributed by atoms with Gasteiger partial charge in [-0.3, -0.25) is 9.69 Å². The van der Waals surface area contributed by atoms with E-state index in [-0.39, 0.29) is 11.7 Å². The van der Waals surface area contributed by atoms with Crippen molar-refractivity contribution in [3.63, 3.8) is 0 Å². The maximum atomic E-state index is 14.0. The molecule has 3 aromatic rings. The highest BCUT2D eigenvalue weighted by Crippen LogP contribution is 2.45. The van der Waals surface area contributed by atoms with Crippen molar-refractivity contribution < 1.29 is 14.3 Å². The zero-order chi connectivity index (χ0) is 25.7. The van der Waals surface area contributed by atoms with E-state index in [9.17, 15) is 14.3 Å². The highest BCUT2D eigenvalue weighted by atomic mass is 19.1. The molecule has 0 radical (unpaired) electrons.